The summed E-state index contributed by atoms with van der Waals surface area (Å²) in [4.78, 5) is 0.0974. The third kappa shape index (κ3) is 3.32. The van der Waals surface area contributed by atoms with Crippen LogP contribution in [-0.2, 0) is 10.0 Å². The predicted molar refractivity (Wildman–Crippen MR) is 80.9 cm³/mol. The van der Waals surface area contributed by atoms with E-state index in [0.29, 0.717) is 11.3 Å². The summed E-state index contributed by atoms with van der Waals surface area (Å²) < 4.78 is 27.1. The Balaban J connectivity index is 2.30. The van der Waals surface area contributed by atoms with Gasteiger partial charge in [-0.1, -0.05) is 23.4 Å². The fourth-order valence-electron chi connectivity index (χ4n) is 1.75. The minimum Gasteiger partial charge on any atom is -0.409 e. The van der Waals surface area contributed by atoms with Crippen LogP contribution in [0.2, 0.25) is 0 Å². The number of benzene rings is 2. The number of amidine groups is 1. The Hall–Kier alpha value is -2.54. The van der Waals surface area contributed by atoms with Gasteiger partial charge in [0.1, 0.15) is 0 Å². The van der Waals surface area contributed by atoms with E-state index in [-0.39, 0.29) is 10.7 Å². The van der Waals surface area contributed by atoms with Crippen molar-refractivity contribution in [3.05, 3.63) is 59.7 Å². The van der Waals surface area contributed by atoms with Gasteiger partial charge in [0.05, 0.1) is 10.6 Å². The molecule has 0 aliphatic rings. The molecule has 0 fully saturated rings. The SMILES string of the molecule is Cc1ccccc1NS(=O)(=O)c1ccc(C(N)=NO)cc1. The zero-order chi connectivity index (χ0) is 15.5. The minimum absolute atomic E-state index is 0.0780. The first kappa shape index (κ1) is 14.9. The van der Waals surface area contributed by atoms with Gasteiger partial charge in [0.2, 0.25) is 0 Å². The molecule has 0 spiro atoms. The lowest BCUT2D eigenvalue weighted by molar-refractivity contribution is 0.318. The van der Waals surface area contributed by atoms with Gasteiger partial charge >= 0.3 is 0 Å². The molecule has 4 N–H and O–H groups in total. The second-order valence-corrected chi connectivity index (χ2v) is 6.11. The topological polar surface area (TPSA) is 105 Å². The van der Waals surface area contributed by atoms with Crippen molar-refractivity contribution in [3.8, 4) is 0 Å². The second kappa shape index (κ2) is 5.84. The Kier molecular flexibility index (Phi) is 4.13. The largest absolute Gasteiger partial charge is 0.409 e. The van der Waals surface area contributed by atoms with E-state index in [4.69, 9.17) is 10.9 Å². The third-order valence-corrected chi connectivity index (χ3v) is 4.34. The van der Waals surface area contributed by atoms with Crippen LogP contribution in [0, 0.1) is 6.92 Å². The van der Waals surface area contributed by atoms with Crippen molar-refractivity contribution in [2.24, 2.45) is 10.9 Å². The van der Waals surface area contributed by atoms with E-state index in [9.17, 15) is 8.42 Å². The van der Waals surface area contributed by atoms with Crippen molar-refractivity contribution < 1.29 is 13.6 Å². The molecule has 0 aromatic heterocycles. The molecule has 0 saturated heterocycles. The van der Waals surface area contributed by atoms with Gasteiger partial charge in [0.15, 0.2) is 5.84 Å². The summed E-state index contributed by atoms with van der Waals surface area (Å²) in [5, 5.41) is 11.4. The molecule has 7 heteroatoms. The fourth-order valence-corrected chi connectivity index (χ4v) is 2.88. The molecule has 0 aliphatic heterocycles. The average molecular weight is 305 g/mol. The number of nitrogens with zero attached hydrogens (tertiary/aromatic N) is 1. The van der Waals surface area contributed by atoms with Gasteiger partial charge < -0.3 is 10.9 Å². The minimum atomic E-state index is -3.68. The van der Waals surface area contributed by atoms with E-state index in [1.807, 2.05) is 19.1 Å². The normalized spacial score (nSPS) is 12.1. The standard InChI is InChI=1S/C14H15N3O3S/c1-10-4-2-3-5-13(10)17-21(19,20)12-8-6-11(7-9-12)14(15)16-18/h2-9,17-18H,1H3,(H2,15,16). The van der Waals surface area contributed by atoms with Crippen LogP contribution in [0.25, 0.3) is 0 Å². The third-order valence-electron chi connectivity index (χ3n) is 2.96. The van der Waals surface area contributed by atoms with E-state index in [0.717, 1.165) is 5.56 Å². The van der Waals surface area contributed by atoms with Crippen LogP contribution in [0.3, 0.4) is 0 Å². The number of hydrogen-bond acceptors (Lipinski definition) is 4. The van der Waals surface area contributed by atoms with Crippen LogP contribution < -0.4 is 10.5 Å². The van der Waals surface area contributed by atoms with E-state index in [1.165, 1.54) is 24.3 Å². The fraction of sp³-hybridized carbons (Fsp3) is 0.0714. The zero-order valence-corrected chi connectivity index (χ0v) is 12.1. The quantitative estimate of drug-likeness (QED) is 0.347. The lowest BCUT2D eigenvalue weighted by Gasteiger charge is -2.10. The monoisotopic (exact) mass is 305 g/mol. The van der Waals surface area contributed by atoms with Gasteiger partial charge in [-0.05, 0) is 42.8 Å². The van der Waals surface area contributed by atoms with E-state index < -0.39 is 10.0 Å². The maximum Gasteiger partial charge on any atom is 0.261 e. The van der Waals surface area contributed by atoms with Gasteiger partial charge in [0.25, 0.3) is 10.0 Å². The van der Waals surface area contributed by atoms with Crippen molar-refractivity contribution in [2.45, 2.75) is 11.8 Å². The molecule has 0 saturated carbocycles. The maximum absolute atomic E-state index is 12.3. The van der Waals surface area contributed by atoms with E-state index in [1.54, 1.807) is 12.1 Å². The molecule has 0 atom stereocenters. The maximum atomic E-state index is 12.3. The average Bonchev–Trinajstić information content (AvgIpc) is 2.49. The van der Waals surface area contributed by atoms with Crippen molar-refractivity contribution in [1.82, 2.24) is 0 Å². The summed E-state index contributed by atoms with van der Waals surface area (Å²) >= 11 is 0. The first-order valence-corrected chi connectivity index (χ1v) is 7.59. The summed E-state index contributed by atoms with van der Waals surface area (Å²) in [6, 6.07) is 12.8. The van der Waals surface area contributed by atoms with Crippen LogP contribution in [0.15, 0.2) is 58.6 Å². The van der Waals surface area contributed by atoms with Gasteiger partial charge in [-0.3, -0.25) is 4.72 Å². The first-order valence-electron chi connectivity index (χ1n) is 6.10. The van der Waals surface area contributed by atoms with Crippen LogP contribution >= 0.6 is 0 Å². The molecule has 2 aromatic carbocycles. The molecular weight excluding hydrogens is 290 g/mol. The number of anilines is 1. The van der Waals surface area contributed by atoms with Crippen molar-refractivity contribution in [3.63, 3.8) is 0 Å². The van der Waals surface area contributed by atoms with Gasteiger partial charge in [0, 0.05) is 5.56 Å². The predicted octanol–water partition coefficient (Wildman–Crippen LogP) is 1.89. The molecule has 2 aromatic rings. The van der Waals surface area contributed by atoms with Gasteiger partial charge in [-0.25, -0.2) is 8.42 Å². The summed E-state index contributed by atoms with van der Waals surface area (Å²) in [6.45, 7) is 1.82. The summed E-state index contributed by atoms with van der Waals surface area (Å²) in [7, 11) is -3.68. The smallest absolute Gasteiger partial charge is 0.261 e. The number of oxime groups is 1. The molecule has 0 unspecified atom stereocenters. The molecule has 0 heterocycles. The van der Waals surface area contributed by atoms with E-state index >= 15 is 0 Å². The van der Waals surface area contributed by atoms with Gasteiger partial charge in [-0.2, -0.15) is 0 Å². The summed E-state index contributed by atoms with van der Waals surface area (Å²) in [5.41, 5.74) is 7.22. The lowest BCUT2D eigenvalue weighted by Crippen LogP contribution is -2.15. The van der Waals surface area contributed by atoms with Crippen LogP contribution in [0.4, 0.5) is 5.69 Å². The summed E-state index contributed by atoms with van der Waals surface area (Å²) in [5.74, 6) is -0.0780. The van der Waals surface area contributed by atoms with Crippen molar-refractivity contribution in [1.29, 1.82) is 0 Å². The number of nitrogens with one attached hydrogen (secondary N) is 1. The molecule has 21 heavy (non-hydrogen) atoms. The van der Waals surface area contributed by atoms with E-state index in [2.05, 4.69) is 9.88 Å². The number of para-hydroxylation sites is 1. The molecule has 110 valence electrons. The number of nitrogens with two attached hydrogens (primary N) is 1. The zero-order valence-electron chi connectivity index (χ0n) is 11.3. The van der Waals surface area contributed by atoms with Crippen LogP contribution in [-0.4, -0.2) is 19.5 Å². The van der Waals surface area contributed by atoms with Crippen LogP contribution in [0.1, 0.15) is 11.1 Å². The Bertz CT molecular complexity index is 768. The summed E-state index contributed by atoms with van der Waals surface area (Å²) in [6.07, 6.45) is 0. The highest BCUT2D eigenvalue weighted by Crippen LogP contribution is 2.19. The number of hydrogen-bond donors (Lipinski definition) is 3. The van der Waals surface area contributed by atoms with Crippen molar-refractivity contribution in [2.75, 3.05) is 4.72 Å². The second-order valence-electron chi connectivity index (χ2n) is 4.43. The van der Waals surface area contributed by atoms with Crippen molar-refractivity contribution >= 4 is 21.5 Å². The first-order chi connectivity index (χ1) is 9.94. The number of aryl methyl sites for hydroxylation is 1. The highest BCUT2D eigenvalue weighted by molar-refractivity contribution is 7.92. The molecule has 0 radical (unpaired) electrons. The Morgan fingerprint density at radius 3 is 2.33 bits per heavy atom. The molecule has 2 rings (SSSR count). The molecule has 0 amide bonds. The van der Waals surface area contributed by atoms with Gasteiger partial charge in [-0.15, -0.1) is 0 Å². The molecular formula is C14H15N3O3S. The molecule has 0 aliphatic carbocycles. The Labute approximate surface area is 123 Å². The highest BCUT2D eigenvalue weighted by Gasteiger charge is 2.15. The number of rotatable bonds is 4. The van der Waals surface area contributed by atoms with Crippen LogP contribution in [0.5, 0.6) is 0 Å². The Morgan fingerprint density at radius 2 is 1.76 bits per heavy atom. The number of sulfonamides is 1. The lowest BCUT2D eigenvalue weighted by atomic mass is 10.2. The molecule has 6 nitrogen and oxygen atoms in total. The molecule has 0 bridgehead atoms. The Morgan fingerprint density at radius 1 is 1.14 bits per heavy atom. The highest BCUT2D eigenvalue weighted by atomic mass is 32.2.